The van der Waals surface area contributed by atoms with Gasteiger partial charge in [-0.1, -0.05) is 17.7 Å². The molecular formula is C15H18ClNO2S2. The van der Waals surface area contributed by atoms with Crippen LogP contribution in [0, 0.1) is 6.92 Å². The second kappa shape index (κ2) is 6.48. The maximum atomic E-state index is 11.8. The first-order valence-electron chi connectivity index (χ1n) is 6.56. The SMILES string of the molecule is Cc1ccc(C(C)NCc2c(Cl)cccc2S(C)(=O)=O)s1. The van der Waals surface area contributed by atoms with Crippen LogP contribution in [0.5, 0.6) is 0 Å². The average molecular weight is 344 g/mol. The Morgan fingerprint density at radius 3 is 2.57 bits per heavy atom. The Balaban J connectivity index is 2.20. The Morgan fingerprint density at radius 1 is 1.29 bits per heavy atom. The Bertz CT molecular complexity index is 738. The number of nitrogens with one attached hydrogen (secondary N) is 1. The largest absolute Gasteiger partial charge is 0.305 e. The zero-order valence-corrected chi connectivity index (χ0v) is 14.6. The first kappa shape index (κ1) is 16.5. The number of thiophene rings is 1. The van der Waals surface area contributed by atoms with Crippen LogP contribution in [0.2, 0.25) is 5.02 Å². The molecule has 0 saturated carbocycles. The Kier molecular flexibility index (Phi) is 5.09. The Labute approximate surface area is 134 Å². The third-order valence-corrected chi connectivity index (χ3v) is 5.97. The summed E-state index contributed by atoms with van der Waals surface area (Å²) in [5.74, 6) is 0. The lowest BCUT2D eigenvalue weighted by Crippen LogP contribution is -2.19. The van der Waals surface area contributed by atoms with E-state index < -0.39 is 9.84 Å². The van der Waals surface area contributed by atoms with Gasteiger partial charge in [-0.05, 0) is 38.1 Å². The first-order chi connectivity index (χ1) is 9.79. The van der Waals surface area contributed by atoms with Crippen molar-refractivity contribution < 1.29 is 8.42 Å². The average Bonchev–Trinajstić information content (AvgIpc) is 2.82. The highest BCUT2D eigenvalue weighted by molar-refractivity contribution is 7.90. The zero-order valence-electron chi connectivity index (χ0n) is 12.2. The highest BCUT2D eigenvalue weighted by atomic mass is 35.5. The van der Waals surface area contributed by atoms with E-state index in [1.165, 1.54) is 16.0 Å². The molecule has 1 heterocycles. The summed E-state index contributed by atoms with van der Waals surface area (Å²) >= 11 is 7.90. The van der Waals surface area contributed by atoms with Crippen molar-refractivity contribution in [1.29, 1.82) is 0 Å². The highest BCUT2D eigenvalue weighted by Gasteiger charge is 2.17. The lowest BCUT2D eigenvalue weighted by Gasteiger charge is -2.15. The molecule has 0 radical (unpaired) electrons. The van der Waals surface area contributed by atoms with Gasteiger partial charge in [0.05, 0.1) is 4.90 Å². The van der Waals surface area contributed by atoms with Crippen LogP contribution in [-0.2, 0) is 16.4 Å². The quantitative estimate of drug-likeness (QED) is 0.893. The van der Waals surface area contributed by atoms with Crippen LogP contribution < -0.4 is 5.32 Å². The third-order valence-electron chi connectivity index (χ3n) is 3.25. The molecule has 0 bridgehead atoms. The summed E-state index contributed by atoms with van der Waals surface area (Å²) < 4.78 is 23.7. The van der Waals surface area contributed by atoms with E-state index in [0.29, 0.717) is 17.1 Å². The monoisotopic (exact) mass is 343 g/mol. The van der Waals surface area contributed by atoms with Crippen molar-refractivity contribution in [3.8, 4) is 0 Å². The van der Waals surface area contributed by atoms with E-state index in [4.69, 9.17) is 11.6 Å². The second-order valence-electron chi connectivity index (χ2n) is 5.04. The molecule has 2 aromatic rings. The molecule has 0 aliphatic heterocycles. The number of rotatable bonds is 5. The summed E-state index contributed by atoms with van der Waals surface area (Å²) in [5, 5.41) is 3.82. The standard InChI is InChI=1S/C15H18ClNO2S2/c1-10-7-8-14(20-10)11(2)17-9-12-13(16)5-4-6-15(12)21(3,18)19/h4-8,11,17H,9H2,1-3H3. The molecule has 0 aliphatic carbocycles. The fraction of sp³-hybridized carbons (Fsp3) is 0.333. The van der Waals surface area contributed by atoms with Gasteiger partial charge in [-0.25, -0.2) is 8.42 Å². The molecule has 0 spiro atoms. The van der Waals surface area contributed by atoms with Gasteiger partial charge in [0.2, 0.25) is 0 Å². The molecule has 1 atom stereocenters. The second-order valence-corrected chi connectivity index (χ2v) is 8.75. The molecule has 1 unspecified atom stereocenters. The minimum Gasteiger partial charge on any atom is -0.305 e. The maximum absolute atomic E-state index is 11.8. The predicted molar refractivity (Wildman–Crippen MR) is 88.9 cm³/mol. The Hall–Kier alpha value is -0.880. The van der Waals surface area contributed by atoms with Crippen LogP contribution in [0.1, 0.15) is 28.3 Å². The van der Waals surface area contributed by atoms with Crippen molar-refractivity contribution in [2.75, 3.05) is 6.26 Å². The van der Waals surface area contributed by atoms with Gasteiger partial charge < -0.3 is 5.32 Å². The van der Waals surface area contributed by atoms with Gasteiger partial charge in [0, 0.05) is 39.2 Å². The summed E-state index contributed by atoms with van der Waals surface area (Å²) in [6.45, 7) is 4.54. The number of hydrogen-bond donors (Lipinski definition) is 1. The zero-order chi connectivity index (χ0) is 15.6. The van der Waals surface area contributed by atoms with Gasteiger partial charge in [-0.3, -0.25) is 0 Å². The van der Waals surface area contributed by atoms with E-state index in [9.17, 15) is 8.42 Å². The van der Waals surface area contributed by atoms with E-state index in [-0.39, 0.29) is 10.9 Å². The van der Waals surface area contributed by atoms with E-state index in [0.717, 1.165) is 0 Å². The van der Waals surface area contributed by atoms with Crippen molar-refractivity contribution in [2.45, 2.75) is 31.3 Å². The van der Waals surface area contributed by atoms with Crippen molar-refractivity contribution in [2.24, 2.45) is 0 Å². The van der Waals surface area contributed by atoms with Crippen LogP contribution in [0.15, 0.2) is 35.2 Å². The lowest BCUT2D eigenvalue weighted by molar-refractivity contribution is 0.572. The van der Waals surface area contributed by atoms with Crippen LogP contribution >= 0.6 is 22.9 Å². The summed E-state index contributed by atoms with van der Waals surface area (Å²) in [6.07, 6.45) is 1.20. The Morgan fingerprint density at radius 2 is 2.00 bits per heavy atom. The van der Waals surface area contributed by atoms with E-state index >= 15 is 0 Å². The first-order valence-corrected chi connectivity index (χ1v) is 9.65. The summed E-state index contributed by atoms with van der Waals surface area (Å²) in [5.41, 5.74) is 0.627. The molecule has 0 amide bonds. The summed E-state index contributed by atoms with van der Waals surface area (Å²) in [7, 11) is -3.29. The third kappa shape index (κ3) is 4.07. The molecular weight excluding hydrogens is 326 g/mol. The predicted octanol–water partition coefficient (Wildman–Crippen LogP) is 3.96. The molecule has 1 aromatic carbocycles. The highest BCUT2D eigenvalue weighted by Crippen LogP contribution is 2.26. The van der Waals surface area contributed by atoms with Gasteiger partial charge in [0.25, 0.3) is 0 Å². The molecule has 0 saturated heterocycles. The molecule has 1 aromatic heterocycles. The van der Waals surface area contributed by atoms with Gasteiger partial charge in [-0.2, -0.15) is 0 Å². The number of hydrogen-bond acceptors (Lipinski definition) is 4. The normalized spacial score (nSPS) is 13.3. The van der Waals surface area contributed by atoms with Crippen molar-refractivity contribution in [3.05, 3.63) is 50.7 Å². The lowest BCUT2D eigenvalue weighted by atomic mass is 10.2. The van der Waals surface area contributed by atoms with Gasteiger partial charge >= 0.3 is 0 Å². The smallest absolute Gasteiger partial charge is 0.175 e. The van der Waals surface area contributed by atoms with E-state index in [2.05, 4.69) is 31.3 Å². The number of sulfone groups is 1. The van der Waals surface area contributed by atoms with Crippen LogP contribution in [0.25, 0.3) is 0 Å². The molecule has 0 fully saturated rings. The number of halogens is 1. The van der Waals surface area contributed by atoms with Gasteiger partial charge in [0.15, 0.2) is 9.84 Å². The van der Waals surface area contributed by atoms with Crippen LogP contribution in [0.3, 0.4) is 0 Å². The molecule has 1 N–H and O–H groups in total. The topological polar surface area (TPSA) is 46.2 Å². The fourth-order valence-electron chi connectivity index (χ4n) is 2.10. The van der Waals surface area contributed by atoms with Crippen molar-refractivity contribution in [3.63, 3.8) is 0 Å². The summed E-state index contributed by atoms with van der Waals surface area (Å²) in [4.78, 5) is 2.77. The molecule has 3 nitrogen and oxygen atoms in total. The number of aryl methyl sites for hydroxylation is 1. The molecule has 114 valence electrons. The van der Waals surface area contributed by atoms with Gasteiger partial charge in [-0.15, -0.1) is 11.3 Å². The molecule has 6 heteroatoms. The summed E-state index contributed by atoms with van der Waals surface area (Å²) in [6, 6.07) is 9.28. The van der Waals surface area contributed by atoms with E-state index in [1.807, 2.05) is 0 Å². The van der Waals surface area contributed by atoms with Crippen molar-refractivity contribution >= 4 is 32.8 Å². The van der Waals surface area contributed by atoms with Gasteiger partial charge in [0.1, 0.15) is 0 Å². The van der Waals surface area contributed by atoms with Crippen LogP contribution in [-0.4, -0.2) is 14.7 Å². The van der Waals surface area contributed by atoms with Crippen molar-refractivity contribution in [1.82, 2.24) is 5.32 Å². The minimum atomic E-state index is -3.29. The molecule has 2 rings (SSSR count). The maximum Gasteiger partial charge on any atom is 0.175 e. The van der Waals surface area contributed by atoms with E-state index in [1.54, 1.807) is 29.5 Å². The van der Waals surface area contributed by atoms with Crippen LogP contribution in [0.4, 0.5) is 0 Å². The number of benzene rings is 1. The molecule has 0 aliphatic rings. The fourth-order valence-corrected chi connectivity index (χ4v) is 4.26. The minimum absolute atomic E-state index is 0.146. The molecule has 21 heavy (non-hydrogen) atoms.